The second-order valence-electron chi connectivity index (χ2n) is 6.44. The lowest BCUT2D eigenvalue weighted by atomic mass is 9.98. The number of fused-ring (bicyclic) bond motifs is 1. The van der Waals surface area contributed by atoms with E-state index in [9.17, 15) is 4.79 Å². The van der Waals surface area contributed by atoms with Gasteiger partial charge in [0.25, 0.3) is 0 Å². The van der Waals surface area contributed by atoms with Gasteiger partial charge < -0.3 is 15.0 Å². The zero-order valence-corrected chi connectivity index (χ0v) is 14.8. The lowest BCUT2D eigenvalue weighted by Crippen LogP contribution is -1.98. The number of hydrogen-bond donors (Lipinski definition) is 3. The molecule has 25 heavy (non-hydrogen) atoms. The molecule has 5 nitrogen and oxygen atoms in total. The van der Waals surface area contributed by atoms with Crippen LogP contribution in [0.25, 0.3) is 22.2 Å². The van der Waals surface area contributed by atoms with E-state index in [-0.39, 0.29) is 0 Å². The molecule has 1 aromatic carbocycles. The Bertz CT molecular complexity index is 917. The lowest BCUT2D eigenvalue weighted by Gasteiger charge is -2.12. The molecule has 0 unspecified atom stereocenters. The highest BCUT2D eigenvalue weighted by atomic mass is 32.2. The minimum absolute atomic E-state index is 0.543. The maximum Gasteiger partial charge on any atom is 0.212 e. The minimum Gasteiger partial charge on any atom is -0.346 e. The Balaban J connectivity index is 1.65. The van der Waals surface area contributed by atoms with E-state index in [1.54, 1.807) is 11.9 Å². The van der Waals surface area contributed by atoms with Gasteiger partial charge in [0.2, 0.25) is 6.41 Å². The van der Waals surface area contributed by atoms with Crippen molar-refractivity contribution >= 4 is 40.9 Å². The number of nitrogens with zero attached hydrogens (tertiary/aromatic N) is 1. The zero-order valence-electron chi connectivity index (χ0n) is 14.0. The Labute approximate surface area is 150 Å². The van der Waals surface area contributed by atoms with Crippen molar-refractivity contribution in [3.63, 3.8) is 0 Å². The van der Waals surface area contributed by atoms with Crippen LogP contribution in [0.1, 0.15) is 18.4 Å². The lowest BCUT2D eigenvalue weighted by molar-refractivity contribution is -0.105. The van der Waals surface area contributed by atoms with Gasteiger partial charge in [-0.05, 0) is 66.6 Å². The van der Waals surface area contributed by atoms with Crippen LogP contribution in [0.2, 0.25) is 0 Å². The summed E-state index contributed by atoms with van der Waals surface area (Å²) in [5.41, 5.74) is 5.27. The second-order valence-corrected chi connectivity index (χ2v) is 7.27. The van der Waals surface area contributed by atoms with Gasteiger partial charge in [-0.2, -0.15) is 0 Å². The fraction of sp³-hybridized carbons (Fsp3) is 0.263. The first-order chi connectivity index (χ1) is 12.2. The molecule has 3 N–H and O–H groups in total. The third kappa shape index (κ3) is 3.49. The summed E-state index contributed by atoms with van der Waals surface area (Å²) in [4.78, 5) is 18.3. The highest BCUT2D eigenvalue weighted by Crippen LogP contribution is 2.35. The summed E-state index contributed by atoms with van der Waals surface area (Å²) in [6, 6.07) is 10.3. The second kappa shape index (κ2) is 6.80. The highest BCUT2D eigenvalue weighted by molar-refractivity contribution is 8.00. The molecule has 1 aliphatic carbocycles. The molecule has 4 rings (SSSR count). The molecule has 0 radical (unpaired) electrons. The van der Waals surface area contributed by atoms with E-state index in [0.717, 1.165) is 33.8 Å². The molecule has 0 atom stereocenters. The summed E-state index contributed by atoms with van der Waals surface area (Å²) in [7, 11) is 0. The number of pyridine rings is 1. The van der Waals surface area contributed by atoms with Crippen molar-refractivity contribution in [2.24, 2.45) is 5.92 Å². The Morgan fingerprint density at radius 2 is 2.16 bits per heavy atom. The Morgan fingerprint density at radius 3 is 2.92 bits per heavy atom. The quantitative estimate of drug-likeness (QED) is 0.430. The molecule has 0 spiro atoms. The van der Waals surface area contributed by atoms with Gasteiger partial charge in [0.1, 0.15) is 11.5 Å². The molecule has 2 heterocycles. The van der Waals surface area contributed by atoms with Gasteiger partial charge >= 0.3 is 0 Å². The fourth-order valence-corrected chi connectivity index (χ4v) is 3.90. The van der Waals surface area contributed by atoms with Crippen molar-refractivity contribution in [1.29, 1.82) is 0 Å². The maximum atomic E-state index is 10.8. The number of aryl methyl sites for hydroxylation is 1. The molecule has 1 fully saturated rings. The van der Waals surface area contributed by atoms with Gasteiger partial charge in [-0.1, -0.05) is 18.0 Å². The van der Waals surface area contributed by atoms with E-state index < -0.39 is 0 Å². The molecular formula is C19H20N4OS. The Hall–Kier alpha value is -2.47. The Morgan fingerprint density at radius 1 is 1.28 bits per heavy atom. The van der Waals surface area contributed by atoms with Crippen molar-refractivity contribution < 1.29 is 4.79 Å². The van der Waals surface area contributed by atoms with Crippen LogP contribution in [0.15, 0.2) is 36.5 Å². The largest absolute Gasteiger partial charge is 0.346 e. The van der Waals surface area contributed by atoms with Gasteiger partial charge in [-0.25, -0.2) is 4.98 Å². The van der Waals surface area contributed by atoms with Crippen LogP contribution >= 0.6 is 11.9 Å². The number of hydrogen-bond acceptors (Lipinski definition) is 4. The zero-order chi connectivity index (χ0) is 17.2. The van der Waals surface area contributed by atoms with Gasteiger partial charge in [0.15, 0.2) is 0 Å². The van der Waals surface area contributed by atoms with Gasteiger partial charge in [0, 0.05) is 23.0 Å². The number of rotatable bonds is 7. The molecule has 1 amide bonds. The number of nitrogens with one attached hydrogen (secondary N) is 3. The predicted octanol–water partition coefficient (Wildman–Crippen LogP) is 4.58. The normalized spacial score (nSPS) is 13.8. The molecule has 128 valence electrons. The molecule has 1 saturated carbocycles. The van der Waals surface area contributed by atoms with Crippen molar-refractivity contribution in [2.75, 3.05) is 15.8 Å². The third-order valence-electron chi connectivity index (χ3n) is 4.46. The first-order valence-corrected chi connectivity index (χ1v) is 9.40. The molecule has 0 aliphatic heterocycles. The first kappa shape index (κ1) is 16.0. The monoisotopic (exact) mass is 352 g/mol. The smallest absolute Gasteiger partial charge is 0.212 e. The number of anilines is 2. The summed E-state index contributed by atoms with van der Waals surface area (Å²) in [5, 5.41) is 3.69. The average molecular weight is 352 g/mol. The number of amides is 1. The molecule has 0 bridgehead atoms. The van der Waals surface area contributed by atoms with Crippen LogP contribution in [0.5, 0.6) is 0 Å². The third-order valence-corrected chi connectivity index (χ3v) is 5.48. The number of carbonyl (C=O) groups excluding carboxylic acids is 1. The number of benzene rings is 1. The van der Waals surface area contributed by atoms with E-state index in [1.807, 2.05) is 18.3 Å². The first-order valence-electron chi connectivity index (χ1n) is 8.42. The standard InChI is InChI=1S/C19H20N4OS/c1-12-8-14(23-25-10-13-2-3-13)4-5-15(12)17-9-18(21-11-24)22-19-16(17)6-7-20-19/h4-9,11,13,23H,2-3,10H2,1H3,(H2,20,21,22,24). The van der Waals surface area contributed by atoms with Gasteiger partial charge in [-0.3, -0.25) is 4.79 Å². The van der Waals surface area contributed by atoms with Crippen LogP contribution in [-0.4, -0.2) is 22.1 Å². The van der Waals surface area contributed by atoms with E-state index in [4.69, 9.17) is 0 Å². The number of carbonyl (C=O) groups is 1. The van der Waals surface area contributed by atoms with Crippen LogP contribution < -0.4 is 10.0 Å². The molecular weight excluding hydrogens is 332 g/mol. The van der Waals surface area contributed by atoms with Crippen molar-refractivity contribution in [1.82, 2.24) is 9.97 Å². The molecule has 1 aliphatic rings. The summed E-state index contributed by atoms with van der Waals surface area (Å²) in [6.07, 6.45) is 5.26. The van der Waals surface area contributed by atoms with E-state index in [2.05, 4.69) is 45.1 Å². The SMILES string of the molecule is Cc1cc(NSCC2CC2)ccc1-c1cc(NC=O)nc2[nH]ccc12. The molecule has 6 heteroatoms. The van der Waals surface area contributed by atoms with E-state index in [0.29, 0.717) is 12.2 Å². The summed E-state index contributed by atoms with van der Waals surface area (Å²) < 4.78 is 3.44. The maximum absolute atomic E-state index is 10.8. The number of aromatic amines is 1. The fourth-order valence-electron chi connectivity index (χ4n) is 2.95. The topological polar surface area (TPSA) is 69.8 Å². The van der Waals surface area contributed by atoms with Crippen LogP contribution in [-0.2, 0) is 4.79 Å². The Kier molecular flexibility index (Phi) is 4.36. The summed E-state index contributed by atoms with van der Waals surface area (Å²) in [5.74, 6) is 2.62. The van der Waals surface area contributed by atoms with E-state index >= 15 is 0 Å². The average Bonchev–Trinajstić information content (AvgIpc) is 3.30. The highest BCUT2D eigenvalue weighted by Gasteiger charge is 2.20. The van der Waals surface area contributed by atoms with Crippen LogP contribution in [0.4, 0.5) is 11.5 Å². The minimum atomic E-state index is 0.543. The van der Waals surface area contributed by atoms with Gasteiger partial charge in [-0.15, -0.1) is 0 Å². The van der Waals surface area contributed by atoms with Crippen molar-refractivity contribution in [3.8, 4) is 11.1 Å². The predicted molar refractivity (Wildman–Crippen MR) is 105 cm³/mol. The number of H-pyrrole nitrogens is 1. The van der Waals surface area contributed by atoms with Crippen LogP contribution in [0, 0.1) is 12.8 Å². The summed E-state index contributed by atoms with van der Waals surface area (Å²) in [6.45, 7) is 2.11. The molecule has 2 aromatic heterocycles. The number of aromatic nitrogens is 2. The van der Waals surface area contributed by atoms with Gasteiger partial charge in [0.05, 0.1) is 0 Å². The molecule has 3 aromatic rings. The summed E-state index contributed by atoms with van der Waals surface area (Å²) >= 11 is 1.79. The van der Waals surface area contributed by atoms with Crippen molar-refractivity contribution in [2.45, 2.75) is 19.8 Å². The molecule has 0 saturated heterocycles. The van der Waals surface area contributed by atoms with E-state index in [1.165, 1.54) is 24.2 Å². The van der Waals surface area contributed by atoms with Crippen molar-refractivity contribution in [3.05, 3.63) is 42.1 Å². The van der Waals surface area contributed by atoms with Crippen LogP contribution in [0.3, 0.4) is 0 Å².